The van der Waals surface area contributed by atoms with Gasteiger partial charge in [0.05, 0.1) is 0 Å². The van der Waals surface area contributed by atoms with Gasteiger partial charge in [-0.25, -0.2) is 0 Å². The predicted molar refractivity (Wildman–Crippen MR) is 265 cm³/mol. The van der Waals surface area contributed by atoms with E-state index in [9.17, 15) is 0 Å². The lowest BCUT2D eigenvalue weighted by Gasteiger charge is -2.24. The summed E-state index contributed by atoms with van der Waals surface area (Å²) in [5, 5.41) is 14.6. The van der Waals surface area contributed by atoms with Gasteiger partial charge in [0.15, 0.2) is 0 Å². The van der Waals surface area contributed by atoms with Crippen LogP contribution in [0.15, 0.2) is 203 Å². The van der Waals surface area contributed by atoms with Gasteiger partial charge in [-0.3, -0.25) is 0 Å². The molecule has 2 heterocycles. The lowest BCUT2D eigenvalue weighted by atomic mass is 9.79. The molecule has 0 atom stereocenters. The van der Waals surface area contributed by atoms with Crippen LogP contribution in [0.1, 0.15) is 25.0 Å². The van der Waals surface area contributed by atoms with Crippen molar-refractivity contribution in [1.29, 1.82) is 0 Å². The maximum atomic E-state index is 6.64. The van der Waals surface area contributed by atoms with Gasteiger partial charge in [-0.1, -0.05) is 172 Å². The Balaban J connectivity index is 0.957. The van der Waals surface area contributed by atoms with Gasteiger partial charge in [-0.05, 0) is 124 Å². The average Bonchev–Trinajstić information content (AvgIpc) is 3.97. The van der Waals surface area contributed by atoms with E-state index in [2.05, 4.69) is 202 Å². The molecule has 63 heavy (non-hydrogen) atoms. The molecule has 0 radical (unpaired) electrons. The summed E-state index contributed by atoms with van der Waals surface area (Å²) in [5.41, 5.74) is 16.0. The first-order valence-corrected chi connectivity index (χ1v) is 21.9. The molecule has 0 unspecified atom stereocenters. The van der Waals surface area contributed by atoms with Crippen LogP contribution in [0.5, 0.6) is 0 Å². The van der Waals surface area contributed by atoms with E-state index in [0.717, 1.165) is 55.0 Å². The molecule has 2 aromatic heterocycles. The summed E-state index contributed by atoms with van der Waals surface area (Å²) in [4.78, 5) is 0. The largest absolute Gasteiger partial charge is 0.456 e. The number of rotatable bonds is 3. The van der Waals surface area contributed by atoms with Crippen LogP contribution >= 0.6 is 0 Å². The highest BCUT2D eigenvalue weighted by Gasteiger charge is 2.38. The number of furan rings is 2. The van der Waals surface area contributed by atoms with Crippen LogP contribution in [0.25, 0.3) is 131 Å². The van der Waals surface area contributed by atoms with Crippen molar-refractivity contribution in [2.75, 3.05) is 0 Å². The van der Waals surface area contributed by atoms with Crippen molar-refractivity contribution >= 4 is 87.0 Å². The van der Waals surface area contributed by atoms with Crippen LogP contribution in [0, 0.1) is 0 Å². The van der Waals surface area contributed by atoms with Crippen molar-refractivity contribution in [2.45, 2.75) is 19.3 Å². The minimum absolute atomic E-state index is 0.138. The Labute approximate surface area is 363 Å². The highest BCUT2D eigenvalue weighted by molar-refractivity contribution is 6.25. The molecule has 0 spiro atoms. The fourth-order valence-corrected chi connectivity index (χ4v) is 11.5. The maximum Gasteiger partial charge on any atom is 0.143 e. The van der Waals surface area contributed by atoms with Crippen LogP contribution < -0.4 is 0 Å². The summed E-state index contributed by atoms with van der Waals surface area (Å²) in [6.45, 7) is 4.78. The Morgan fingerprint density at radius 1 is 0.302 bits per heavy atom. The molecular weight excluding hydrogens is 765 g/mol. The Morgan fingerprint density at radius 3 is 1.46 bits per heavy atom. The molecule has 0 bridgehead atoms. The Hall–Kier alpha value is -7.94. The third-order valence-electron chi connectivity index (χ3n) is 14.2. The second kappa shape index (κ2) is 12.6. The Kier molecular flexibility index (Phi) is 6.93. The standard InChI is InChI=1S/C61H38O2/c1-61(2)52-29-26-35(33-51(52)58-41-17-5-3-14-38(41)39-15-4-10-22-46(39)59(58)61)36-27-30-54-49(32-36)50-34-37(28-31-55(50)62-54)56-42-18-6-8-20-44(42)57(45-21-9-7-19-43(45)56)48-24-13-23-47-40-16-11-12-25-53(40)63-60(47)48/h3-34H,1-2H3. The van der Waals surface area contributed by atoms with Gasteiger partial charge in [0.2, 0.25) is 0 Å². The topological polar surface area (TPSA) is 26.3 Å². The van der Waals surface area contributed by atoms with Crippen molar-refractivity contribution in [3.8, 4) is 44.5 Å². The van der Waals surface area contributed by atoms with Crippen LogP contribution in [0.4, 0.5) is 0 Å². The van der Waals surface area contributed by atoms with Gasteiger partial charge in [0.25, 0.3) is 0 Å². The minimum Gasteiger partial charge on any atom is -0.456 e. The summed E-state index contributed by atoms with van der Waals surface area (Å²) in [6.07, 6.45) is 0. The molecule has 1 aliphatic rings. The fraction of sp³-hybridized carbons (Fsp3) is 0.0492. The van der Waals surface area contributed by atoms with Crippen molar-refractivity contribution in [2.24, 2.45) is 0 Å². The molecule has 0 fully saturated rings. The molecule has 14 rings (SSSR count). The van der Waals surface area contributed by atoms with E-state index in [1.54, 1.807) is 0 Å². The molecule has 11 aromatic carbocycles. The second-order valence-corrected chi connectivity index (χ2v) is 17.9. The smallest absolute Gasteiger partial charge is 0.143 e. The zero-order valence-corrected chi connectivity index (χ0v) is 34.8. The first-order valence-electron chi connectivity index (χ1n) is 21.9. The molecule has 2 heteroatoms. The van der Waals surface area contributed by atoms with E-state index in [1.165, 1.54) is 87.6 Å². The molecular formula is C61H38O2. The fourth-order valence-electron chi connectivity index (χ4n) is 11.5. The molecule has 2 nitrogen and oxygen atoms in total. The summed E-state index contributed by atoms with van der Waals surface area (Å²) >= 11 is 0. The summed E-state index contributed by atoms with van der Waals surface area (Å²) < 4.78 is 13.2. The van der Waals surface area contributed by atoms with Gasteiger partial charge in [-0.15, -0.1) is 0 Å². The third kappa shape index (κ3) is 4.73. The van der Waals surface area contributed by atoms with Crippen LogP contribution in [-0.2, 0) is 5.41 Å². The molecule has 0 amide bonds. The quantitative estimate of drug-likeness (QED) is 0.131. The number of benzene rings is 11. The van der Waals surface area contributed by atoms with Crippen molar-refractivity contribution in [3.63, 3.8) is 0 Å². The van der Waals surface area contributed by atoms with E-state index in [4.69, 9.17) is 8.83 Å². The van der Waals surface area contributed by atoms with E-state index >= 15 is 0 Å². The van der Waals surface area contributed by atoms with Crippen molar-refractivity contribution in [3.05, 3.63) is 205 Å². The molecule has 0 aliphatic heterocycles. The monoisotopic (exact) mass is 802 g/mol. The maximum absolute atomic E-state index is 6.64. The number of hydrogen-bond acceptors (Lipinski definition) is 2. The second-order valence-electron chi connectivity index (χ2n) is 17.9. The van der Waals surface area contributed by atoms with Crippen LogP contribution in [0.3, 0.4) is 0 Å². The number of fused-ring (bicyclic) bond motifs is 16. The SMILES string of the molecule is CC1(C)c2ccc(-c3ccc4oc5ccc(-c6c7ccccc7c(-c7cccc8c7oc7ccccc78)c7ccccc67)cc5c4c3)cc2-c2c1c1ccccc1c1ccccc21. The Morgan fingerprint density at radius 2 is 0.778 bits per heavy atom. The highest BCUT2D eigenvalue weighted by atomic mass is 16.3. The third-order valence-corrected chi connectivity index (χ3v) is 14.2. The van der Waals surface area contributed by atoms with Gasteiger partial charge in [0.1, 0.15) is 22.3 Å². The lowest BCUT2D eigenvalue weighted by Crippen LogP contribution is -2.15. The lowest BCUT2D eigenvalue weighted by molar-refractivity contribution is 0.666. The summed E-state index contributed by atoms with van der Waals surface area (Å²) in [6, 6.07) is 71.0. The van der Waals surface area contributed by atoms with Crippen LogP contribution in [-0.4, -0.2) is 0 Å². The summed E-state index contributed by atoms with van der Waals surface area (Å²) in [7, 11) is 0. The molecule has 294 valence electrons. The number of para-hydroxylation sites is 2. The number of hydrogen-bond donors (Lipinski definition) is 0. The molecule has 1 aliphatic carbocycles. The first-order chi connectivity index (χ1) is 31.0. The van der Waals surface area contributed by atoms with E-state index in [-0.39, 0.29) is 5.41 Å². The van der Waals surface area contributed by atoms with Gasteiger partial charge in [-0.2, -0.15) is 0 Å². The van der Waals surface area contributed by atoms with E-state index in [0.29, 0.717) is 0 Å². The normalized spacial score (nSPS) is 13.4. The molecule has 0 N–H and O–H groups in total. The van der Waals surface area contributed by atoms with E-state index in [1.807, 2.05) is 6.07 Å². The Bertz CT molecular complexity index is 4060. The van der Waals surface area contributed by atoms with Gasteiger partial charge in [0, 0.05) is 38.1 Å². The first kappa shape index (κ1) is 34.7. The predicted octanol–water partition coefficient (Wildman–Crippen LogP) is 17.4. The van der Waals surface area contributed by atoms with Crippen molar-refractivity contribution in [1.82, 2.24) is 0 Å². The average molecular weight is 803 g/mol. The zero-order chi connectivity index (χ0) is 41.6. The van der Waals surface area contributed by atoms with Gasteiger partial charge >= 0.3 is 0 Å². The van der Waals surface area contributed by atoms with Crippen LogP contribution in [0.2, 0.25) is 0 Å². The highest BCUT2D eigenvalue weighted by Crippen LogP contribution is 2.55. The summed E-state index contributed by atoms with van der Waals surface area (Å²) in [5.74, 6) is 0. The zero-order valence-electron chi connectivity index (χ0n) is 34.8. The van der Waals surface area contributed by atoms with Crippen molar-refractivity contribution < 1.29 is 8.83 Å². The minimum atomic E-state index is -0.138. The molecule has 0 saturated heterocycles. The molecule has 0 saturated carbocycles. The van der Waals surface area contributed by atoms with E-state index < -0.39 is 0 Å². The van der Waals surface area contributed by atoms with Gasteiger partial charge < -0.3 is 8.83 Å². The molecule has 13 aromatic rings.